The SMILES string of the molecule is CN/C=C(\C=N)c1cnc2ccc3nc2c1-c1ccnc(c1)C(C)c1cnnc(c1)N3. The van der Waals surface area contributed by atoms with Gasteiger partial charge >= 0.3 is 0 Å². The van der Waals surface area contributed by atoms with Crippen LogP contribution < -0.4 is 10.6 Å². The third-order valence-electron chi connectivity index (χ3n) is 5.42. The molecule has 31 heavy (non-hydrogen) atoms. The van der Waals surface area contributed by atoms with Gasteiger partial charge in [-0.1, -0.05) is 6.92 Å². The van der Waals surface area contributed by atoms with Gasteiger partial charge in [0.05, 0.1) is 17.2 Å². The minimum atomic E-state index is 0.0255. The van der Waals surface area contributed by atoms with E-state index in [4.69, 9.17) is 10.4 Å². The molecular weight excluding hydrogens is 388 g/mol. The Kier molecular flexibility index (Phi) is 4.59. The molecule has 4 aromatic heterocycles. The summed E-state index contributed by atoms with van der Waals surface area (Å²) in [6.45, 7) is 2.10. The van der Waals surface area contributed by atoms with Crippen LogP contribution in [0.4, 0.5) is 11.6 Å². The van der Waals surface area contributed by atoms with Crippen molar-refractivity contribution in [3.63, 3.8) is 0 Å². The normalized spacial score (nSPS) is 15.0. The summed E-state index contributed by atoms with van der Waals surface area (Å²) in [5, 5.41) is 22.6. The van der Waals surface area contributed by atoms with Crippen molar-refractivity contribution >= 4 is 34.5 Å². The second-order valence-electron chi connectivity index (χ2n) is 7.33. The predicted molar refractivity (Wildman–Crippen MR) is 121 cm³/mol. The van der Waals surface area contributed by atoms with Crippen LogP contribution in [0.5, 0.6) is 0 Å². The Labute approximate surface area is 179 Å². The van der Waals surface area contributed by atoms with E-state index in [0.717, 1.165) is 39.0 Å². The van der Waals surface area contributed by atoms with Gasteiger partial charge in [0.15, 0.2) is 5.82 Å². The molecule has 0 fully saturated rings. The van der Waals surface area contributed by atoms with Crippen LogP contribution in [0.2, 0.25) is 0 Å². The van der Waals surface area contributed by atoms with Gasteiger partial charge in [-0.2, -0.15) is 5.10 Å². The van der Waals surface area contributed by atoms with E-state index in [-0.39, 0.29) is 5.92 Å². The van der Waals surface area contributed by atoms with Crippen molar-refractivity contribution in [3.05, 3.63) is 71.9 Å². The summed E-state index contributed by atoms with van der Waals surface area (Å²) in [6.07, 6.45) is 8.48. The number of anilines is 2. The minimum absolute atomic E-state index is 0.0255. The highest BCUT2D eigenvalue weighted by Gasteiger charge is 2.19. The molecule has 1 aliphatic heterocycles. The van der Waals surface area contributed by atoms with E-state index in [1.165, 1.54) is 6.21 Å². The Bertz CT molecular complexity index is 1340. The molecule has 8 nitrogen and oxygen atoms in total. The number of pyridine rings is 3. The molecule has 4 aromatic rings. The highest BCUT2D eigenvalue weighted by atomic mass is 15.2. The minimum Gasteiger partial charge on any atom is -0.393 e. The molecule has 5 heterocycles. The van der Waals surface area contributed by atoms with E-state index in [2.05, 4.69) is 43.8 Å². The van der Waals surface area contributed by atoms with Crippen molar-refractivity contribution in [1.82, 2.24) is 30.5 Å². The van der Waals surface area contributed by atoms with Crippen molar-refractivity contribution in [3.8, 4) is 11.1 Å². The first kappa shape index (κ1) is 18.8. The summed E-state index contributed by atoms with van der Waals surface area (Å²) in [4.78, 5) is 14.1. The van der Waals surface area contributed by atoms with Gasteiger partial charge in [-0.05, 0) is 41.5 Å². The van der Waals surface area contributed by atoms with Crippen LogP contribution in [0, 0.1) is 5.41 Å². The molecule has 3 N–H and O–H groups in total. The number of nitrogens with one attached hydrogen (secondary N) is 3. The highest BCUT2D eigenvalue weighted by molar-refractivity contribution is 6.13. The van der Waals surface area contributed by atoms with Crippen LogP contribution in [0.1, 0.15) is 29.7 Å². The first-order valence-electron chi connectivity index (χ1n) is 9.92. The molecular formula is C23H20N8. The van der Waals surface area contributed by atoms with Gasteiger partial charge in [-0.15, -0.1) is 5.10 Å². The molecule has 0 saturated carbocycles. The van der Waals surface area contributed by atoms with E-state index in [1.807, 2.05) is 37.5 Å². The van der Waals surface area contributed by atoms with E-state index in [9.17, 15) is 0 Å². The highest BCUT2D eigenvalue weighted by Crippen LogP contribution is 2.36. The largest absolute Gasteiger partial charge is 0.393 e. The smallest absolute Gasteiger partial charge is 0.154 e. The van der Waals surface area contributed by atoms with Gasteiger partial charge in [-0.3, -0.25) is 9.97 Å². The van der Waals surface area contributed by atoms with E-state index < -0.39 is 0 Å². The zero-order chi connectivity index (χ0) is 21.4. The molecule has 0 spiro atoms. The molecule has 1 unspecified atom stereocenters. The summed E-state index contributed by atoms with van der Waals surface area (Å²) in [5.74, 6) is 1.29. The van der Waals surface area contributed by atoms with E-state index in [0.29, 0.717) is 17.2 Å². The number of allylic oxidation sites excluding steroid dienone is 1. The fourth-order valence-corrected chi connectivity index (χ4v) is 3.82. The summed E-state index contributed by atoms with van der Waals surface area (Å²) in [5.41, 5.74) is 6.83. The lowest BCUT2D eigenvalue weighted by Gasteiger charge is -2.18. The molecule has 0 aliphatic carbocycles. The van der Waals surface area contributed by atoms with Crippen LogP contribution >= 0.6 is 0 Å². The average Bonchev–Trinajstić information content (AvgIpc) is 2.81. The monoisotopic (exact) mass is 408 g/mol. The standard InChI is InChI=1S/C23H20N8/c1-13-15-8-21(31-28-11-15)29-20-4-3-18-23(30-20)22(14-5-6-26-19(13)7-14)17(12-27-18)16(9-24)10-25-2/h3-13,24-25H,1-2H3,(H,29,30,31)/b16-10+,24-9?. The van der Waals surface area contributed by atoms with Crippen molar-refractivity contribution in [2.45, 2.75) is 12.8 Å². The molecule has 0 radical (unpaired) electrons. The zero-order valence-electron chi connectivity index (χ0n) is 17.1. The van der Waals surface area contributed by atoms with Crippen molar-refractivity contribution in [2.24, 2.45) is 0 Å². The molecule has 0 saturated heterocycles. The molecule has 1 aliphatic rings. The lowest BCUT2D eigenvalue weighted by molar-refractivity contribution is 0.850. The van der Waals surface area contributed by atoms with Gasteiger partial charge < -0.3 is 16.0 Å². The Morgan fingerprint density at radius 1 is 1.13 bits per heavy atom. The Balaban J connectivity index is 1.89. The van der Waals surface area contributed by atoms with Crippen LogP contribution in [0.15, 0.2) is 55.1 Å². The molecule has 0 amide bonds. The number of hydrogen-bond acceptors (Lipinski definition) is 8. The second-order valence-corrected chi connectivity index (χ2v) is 7.33. The maximum absolute atomic E-state index is 7.94. The lowest BCUT2D eigenvalue weighted by atomic mass is 9.92. The molecule has 1 atom stereocenters. The Morgan fingerprint density at radius 2 is 2.03 bits per heavy atom. The Hall–Kier alpha value is -4.20. The third kappa shape index (κ3) is 3.28. The third-order valence-corrected chi connectivity index (χ3v) is 5.42. The average molecular weight is 408 g/mol. The number of nitrogens with zero attached hydrogens (tertiary/aromatic N) is 5. The fourth-order valence-electron chi connectivity index (χ4n) is 3.82. The maximum atomic E-state index is 7.94. The van der Waals surface area contributed by atoms with Gasteiger partial charge in [0.2, 0.25) is 0 Å². The van der Waals surface area contributed by atoms with Crippen LogP contribution in [0.3, 0.4) is 0 Å². The van der Waals surface area contributed by atoms with Gasteiger partial charge in [0.1, 0.15) is 5.82 Å². The fraction of sp³-hybridized carbons (Fsp3) is 0.130. The molecule has 5 rings (SSSR count). The predicted octanol–water partition coefficient (Wildman–Crippen LogP) is 3.90. The first-order valence-corrected chi connectivity index (χ1v) is 9.92. The zero-order valence-corrected chi connectivity index (χ0v) is 17.1. The number of hydrogen-bond donors (Lipinski definition) is 3. The van der Waals surface area contributed by atoms with Crippen LogP contribution in [-0.4, -0.2) is 38.4 Å². The molecule has 0 aromatic carbocycles. The van der Waals surface area contributed by atoms with Crippen molar-refractivity contribution in [2.75, 3.05) is 12.4 Å². The Morgan fingerprint density at radius 3 is 2.87 bits per heavy atom. The second kappa shape index (κ2) is 7.56. The summed E-state index contributed by atoms with van der Waals surface area (Å²) < 4.78 is 0. The van der Waals surface area contributed by atoms with Crippen LogP contribution in [0.25, 0.3) is 27.7 Å². The van der Waals surface area contributed by atoms with Crippen molar-refractivity contribution < 1.29 is 0 Å². The number of aromatic nitrogens is 5. The van der Waals surface area contributed by atoms with Crippen LogP contribution in [-0.2, 0) is 0 Å². The van der Waals surface area contributed by atoms with Gasteiger partial charge in [-0.25, -0.2) is 4.98 Å². The maximum Gasteiger partial charge on any atom is 0.154 e. The van der Waals surface area contributed by atoms with Gasteiger partial charge in [0.25, 0.3) is 0 Å². The molecule has 152 valence electrons. The van der Waals surface area contributed by atoms with Gasteiger partial charge in [0, 0.05) is 60.2 Å². The van der Waals surface area contributed by atoms with E-state index >= 15 is 0 Å². The quantitative estimate of drug-likeness (QED) is 0.441. The summed E-state index contributed by atoms with van der Waals surface area (Å²) >= 11 is 0. The molecule has 8 heteroatoms. The lowest BCUT2D eigenvalue weighted by Crippen LogP contribution is -2.06. The summed E-state index contributed by atoms with van der Waals surface area (Å²) in [6, 6.07) is 9.82. The number of fused-ring (bicyclic) bond motifs is 6. The summed E-state index contributed by atoms with van der Waals surface area (Å²) in [7, 11) is 1.81. The van der Waals surface area contributed by atoms with Crippen molar-refractivity contribution in [1.29, 1.82) is 5.41 Å². The topological polar surface area (TPSA) is 112 Å². The van der Waals surface area contributed by atoms with E-state index in [1.54, 1.807) is 18.6 Å². The molecule has 6 bridgehead atoms. The number of rotatable bonds is 3. The first-order chi connectivity index (χ1) is 15.2.